The zero-order chi connectivity index (χ0) is 15.0. The minimum Gasteiger partial charge on any atom is -0.506 e. The first-order valence-electron chi connectivity index (χ1n) is 6.85. The van der Waals surface area contributed by atoms with Crippen LogP contribution < -0.4 is 0 Å². The van der Waals surface area contributed by atoms with Crippen LogP contribution in [0.2, 0.25) is 10.0 Å². The van der Waals surface area contributed by atoms with E-state index in [4.69, 9.17) is 23.2 Å². The van der Waals surface area contributed by atoms with E-state index < -0.39 is 0 Å². The van der Waals surface area contributed by atoms with Gasteiger partial charge in [0.25, 0.3) is 0 Å². The van der Waals surface area contributed by atoms with Crippen molar-refractivity contribution in [1.29, 1.82) is 0 Å². The molecule has 2 heterocycles. The second-order valence-electron chi connectivity index (χ2n) is 5.27. The van der Waals surface area contributed by atoms with E-state index in [2.05, 4.69) is 20.1 Å². The van der Waals surface area contributed by atoms with Gasteiger partial charge in [-0.3, -0.25) is 10.00 Å². The van der Waals surface area contributed by atoms with Gasteiger partial charge < -0.3 is 5.11 Å². The molecule has 0 spiro atoms. The highest BCUT2D eigenvalue weighted by Gasteiger charge is 2.30. The predicted molar refractivity (Wildman–Crippen MR) is 81.6 cm³/mol. The molecule has 2 N–H and O–H groups in total. The number of aromatic hydroxyl groups is 1. The van der Waals surface area contributed by atoms with Crippen LogP contribution in [0.4, 0.5) is 0 Å². The number of benzene rings is 1. The van der Waals surface area contributed by atoms with Crippen molar-refractivity contribution < 1.29 is 5.11 Å². The zero-order valence-corrected chi connectivity index (χ0v) is 13.1. The number of aromatic amines is 1. The third-order valence-corrected chi connectivity index (χ3v) is 4.58. The molecule has 0 amide bonds. The lowest BCUT2D eigenvalue weighted by molar-refractivity contribution is 0.240. The standard InChI is InChI=1S/C14H16Cl2N4O/c1-8-17-14(19-18-8)11-3-2-6-20(11)7-9-10(15)4-5-12(21)13(9)16/h4-5,11,21H,2-3,6-7H2,1H3,(H,17,18,19)/t11-/m0/s1. The number of likely N-dealkylation sites (tertiary alicyclic amines) is 1. The molecular formula is C14H16Cl2N4O. The highest BCUT2D eigenvalue weighted by Crippen LogP contribution is 2.37. The number of H-pyrrole nitrogens is 1. The Morgan fingerprint density at radius 2 is 2.24 bits per heavy atom. The van der Waals surface area contributed by atoms with Gasteiger partial charge in [-0.25, -0.2) is 4.98 Å². The quantitative estimate of drug-likeness (QED) is 0.906. The Morgan fingerprint density at radius 3 is 2.95 bits per heavy atom. The van der Waals surface area contributed by atoms with Gasteiger partial charge in [0.05, 0.1) is 11.1 Å². The van der Waals surface area contributed by atoms with E-state index in [1.807, 2.05) is 6.92 Å². The van der Waals surface area contributed by atoms with Crippen LogP contribution in [0.25, 0.3) is 0 Å². The molecule has 2 aromatic rings. The molecule has 1 saturated heterocycles. The van der Waals surface area contributed by atoms with Crippen LogP contribution in [-0.2, 0) is 6.54 Å². The maximum absolute atomic E-state index is 9.75. The van der Waals surface area contributed by atoms with Gasteiger partial charge in [0.2, 0.25) is 0 Å². The van der Waals surface area contributed by atoms with Gasteiger partial charge in [0, 0.05) is 17.1 Å². The van der Waals surface area contributed by atoms with E-state index in [1.54, 1.807) is 6.07 Å². The summed E-state index contributed by atoms with van der Waals surface area (Å²) in [6, 6.07) is 3.33. The minimum atomic E-state index is 0.0561. The molecule has 7 heteroatoms. The minimum absolute atomic E-state index is 0.0561. The monoisotopic (exact) mass is 326 g/mol. The number of halogens is 2. The van der Waals surface area contributed by atoms with Crippen molar-refractivity contribution in [1.82, 2.24) is 20.1 Å². The summed E-state index contributed by atoms with van der Waals surface area (Å²) in [6.45, 7) is 3.39. The summed E-state index contributed by atoms with van der Waals surface area (Å²) in [5.41, 5.74) is 0.748. The van der Waals surface area contributed by atoms with Gasteiger partial charge in [0.1, 0.15) is 11.6 Å². The van der Waals surface area contributed by atoms with E-state index in [1.165, 1.54) is 6.07 Å². The first kappa shape index (κ1) is 14.6. The number of nitrogens with one attached hydrogen (secondary N) is 1. The summed E-state index contributed by atoms with van der Waals surface area (Å²) in [7, 11) is 0. The summed E-state index contributed by atoms with van der Waals surface area (Å²) < 4.78 is 0. The van der Waals surface area contributed by atoms with Crippen LogP contribution in [0.15, 0.2) is 12.1 Å². The van der Waals surface area contributed by atoms with Crippen LogP contribution >= 0.6 is 23.2 Å². The fourth-order valence-electron chi connectivity index (χ4n) is 2.75. The SMILES string of the molecule is Cc1nc([C@@H]2CCCN2Cc2c(Cl)ccc(O)c2Cl)n[nH]1. The maximum atomic E-state index is 9.75. The van der Waals surface area contributed by atoms with Crippen molar-refractivity contribution in [3.63, 3.8) is 0 Å². The molecular weight excluding hydrogens is 311 g/mol. The van der Waals surface area contributed by atoms with Gasteiger partial charge in [0.15, 0.2) is 5.82 Å². The lowest BCUT2D eigenvalue weighted by atomic mass is 10.1. The number of hydrogen-bond acceptors (Lipinski definition) is 4. The van der Waals surface area contributed by atoms with Gasteiger partial charge in [-0.2, -0.15) is 5.10 Å². The van der Waals surface area contributed by atoms with Crippen LogP contribution in [0.5, 0.6) is 5.75 Å². The van der Waals surface area contributed by atoms with Gasteiger partial charge in [-0.15, -0.1) is 0 Å². The molecule has 1 fully saturated rings. The normalized spacial score (nSPS) is 19.3. The highest BCUT2D eigenvalue weighted by molar-refractivity contribution is 6.36. The third-order valence-electron chi connectivity index (χ3n) is 3.80. The molecule has 0 bridgehead atoms. The number of hydrogen-bond donors (Lipinski definition) is 2. The number of aryl methyl sites for hydroxylation is 1. The van der Waals surface area contributed by atoms with Gasteiger partial charge in [-0.05, 0) is 38.4 Å². The molecule has 0 aliphatic carbocycles. The fraction of sp³-hybridized carbons (Fsp3) is 0.429. The van der Waals surface area contributed by atoms with E-state index >= 15 is 0 Å². The maximum Gasteiger partial charge on any atom is 0.167 e. The smallest absolute Gasteiger partial charge is 0.167 e. The predicted octanol–water partition coefficient (Wildman–Crippen LogP) is 3.46. The lowest BCUT2D eigenvalue weighted by Gasteiger charge is -2.23. The molecule has 1 aliphatic rings. The van der Waals surface area contributed by atoms with Crippen molar-refractivity contribution in [2.24, 2.45) is 0 Å². The molecule has 0 unspecified atom stereocenters. The molecule has 0 saturated carbocycles. The van der Waals surface area contributed by atoms with E-state index in [9.17, 15) is 5.11 Å². The molecule has 1 aromatic heterocycles. The molecule has 1 aromatic carbocycles. The topological polar surface area (TPSA) is 65.0 Å². The third kappa shape index (κ3) is 2.86. The van der Waals surface area contributed by atoms with Gasteiger partial charge >= 0.3 is 0 Å². The Hall–Kier alpha value is -1.30. The van der Waals surface area contributed by atoms with Crippen molar-refractivity contribution in [3.8, 4) is 5.75 Å². The Balaban J connectivity index is 1.86. The van der Waals surface area contributed by atoms with Crippen LogP contribution in [0, 0.1) is 6.92 Å². The second-order valence-corrected chi connectivity index (χ2v) is 6.05. The van der Waals surface area contributed by atoms with Crippen molar-refractivity contribution >= 4 is 23.2 Å². The number of phenolic OH excluding ortho intramolecular Hbond substituents is 1. The zero-order valence-electron chi connectivity index (χ0n) is 11.6. The molecule has 1 atom stereocenters. The molecule has 112 valence electrons. The Morgan fingerprint density at radius 1 is 1.43 bits per heavy atom. The molecule has 5 nitrogen and oxygen atoms in total. The van der Waals surface area contributed by atoms with Crippen LogP contribution in [-0.4, -0.2) is 31.7 Å². The summed E-state index contributed by atoms with van der Waals surface area (Å²) in [6.07, 6.45) is 2.08. The lowest BCUT2D eigenvalue weighted by Crippen LogP contribution is -2.24. The molecule has 3 rings (SSSR count). The summed E-state index contributed by atoms with van der Waals surface area (Å²) in [5, 5.41) is 17.8. The van der Waals surface area contributed by atoms with Crippen molar-refractivity contribution in [3.05, 3.63) is 39.4 Å². The second kappa shape index (κ2) is 5.83. The average Bonchev–Trinajstić information content (AvgIpc) is 3.07. The number of phenols is 1. The average molecular weight is 327 g/mol. The summed E-state index contributed by atoms with van der Waals surface area (Å²) in [5.74, 6) is 1.67. The fourth-order valence-corrected chi connectivity index (χ4v) is 3.24. The molecule has 1 aliphatic heterocycles. The first-order chi connectivity index (χ1) is 10.1. The van der Waals surface area contributed by atoms with Crippen molar-refractivity contribution in [2.75, 3.05) is 6.54 Å². The highest BCUT2D eigenvalue weighted by atomic mass is 35.5. The summed E-state index contributed by atoms with van der Waals surface area (Å²) in [4.78, 5) is 6.67. The molecule has 0 radical (unpaired) electrons. The Labute approximate surface area is 132 Å². The number of rotatable bonds is 3. The van der Waals surface area contributed by atoms with E-state index in [0.717, 1.165) is 36.6 Å². The first-order valence-corrected chi connectivity index (χ1v) is 7.60. The van der Waals surface area contributed by atoms with E-state index in [0.29, 0.717) is 16.6 Å². The molecule has 21 heavy (non-hydrogen) atoms. The largest absolute Gasteiger partial charge is 0.506 e. The number of nitrogens with zero attached hydrogens (tertiary/aromatic N) is 3. The van der Waals surface area contributed by atoms with Crippen molar-refractivity contribution in [2.45, 2.75) is 32.4 Å². The Bertz CT molecular complexity index is 658. The van der Waals surface area contributed by atoms with Crippen LogP contribution in [0.1, 0.15) is 36.1 Å². The summed E-state index contributed by atoms with van der Waals surface area (Å²) >= 11 is 12.4. The van der Waals surface area contributed by atoms with Gasteiger partial charge in [-0.1, -0.05) is 23.2 Å². The number of aromatic nitrogens is 3. The van der Waals surface area contributed by atoms with E-state index in [-0.39, 0.29) is 11.8 Å². The Kier molecular flexibility index (Phi) is 4.06. The van der Waals surface area contributed by atoms with Crippen LogP contribution in [0.3, 0.4) is 0 Å².